The molecule has 0 saturated carbocycles. The standard InChI is InChI=1S/C19H18ClN3O3/c1-13-12-14(2)23(22-13)17-9-8-16(20)18(21-17)19(24)26-11-10-25-15-6-4-3-5-7-15/h3-9,12H,10-11H2,1-2H3. The van der Waals surface area contributed by atoms with Crippen LogP contribution in [0.15, 0.2) is 48.5 Å². The fraction of sp³-hybridized carbons (Fsp3) is 0.211. The highest BCUT2D eigenvalue weighted by Gasteiger charge is 2.16. The van der Waals surface area contributed by atoms with Gasteiger partial charge in [-0.1, -0.05) is 29.8 Å². The van der Waals surface area contributed by atoms with Crippen LogP contribution in [0.3, 0.4) is 0 Å². The lowest BCUT2D eigenvalue weighted by Crippen LogP contribution is -2.15. The molecule has 0 fully saturated rings. The Labute approximate surface area is 156 Å². The second kappa shape index (κ2) is 8.01. The average molecular weight is 372 g/mol. The van der Waals surface area contributed by atoms with Crippen LogP contribution < -0.4 is 4.74 Å². The van der Waals surface area contributed by atoms with E-state index in [2.05, 4.69) is 10.1 Å². The van der Waals surface area contributed by atoms with E-state index in [9.17, 15) is 4.79 Å². The number of hydrogen-bond donors (Lipinski definition) is 0. The molecule has 0 amide bonds. The molecule has 0 aliphatic carbocycles. The summed E-state index contributed by atoms with van der Waals surface area (Å²) >= 11 is 6.11. The second-order valence-electron chi connectivity index (χ2n) is 5.64. The van der Waals surface area contributed by atoms with Gasteiger partial charge in [0.25, 0.3) is 0 Å². The molecule has 6 nitrogen and oxygen atoms in total. The van der Waals surface area contributed by atoms with Crippen LogP contribution in [0.2, 0.25) is 5.02 Å². The second-order valence-corrected chi connectivity index (χ2v) is 6.04. The van der Waals surface area contributed by atoms with E-state index in [0.29, 0.717) is 11.6 Å². The van der Waals surface area contributed by atoms with Crippen molar-refractivity contribution in [3.8, 4) is 11.6 Å². The predicted octanol–water partition coefficient (Wildman–Crippen LogP) is 3.77. The highest BCUT2D eigenvalue weighted by molar-refractivity contribution is 6.33. The van der Waals surface area contributed by atoms with Gasteiger partial charge in [0.1, 0.15) is 19.0 Å². The molecule has 2 aromatic heterocycles. The van der Waals surface area contributed by atoms with E-state index in [1.165, 1.54) is 0 Å². The van der Waals surface area contributed by atoms with Gasteiger partial charge in [-0.2, -0.15) is 5.10 Å². The fourth-order valence-corrected chi connectivity index (χ4v) is 2.62. The topological polar surface area (TPSA) is 66.2 Å². The van der Waals surface area contributed by atoms with Gasteiger partial charge in [-0.3, -0.25) is 0 Å². The Morgan fingerprint density at radius 1 is 1.12 bits per heavy atom. The lowest BCUT2D eigenvalue weighted by Gasteiger charge is -2.09. The monoisotopic (exact) mass is 371 g/mol. The molecule has 7 heteroatoms. The Kier molecular flexibility index (Phi) is 5.53. The van der Waals surface area contributed by atoms with Crippen LogP contribution in [0.25, 0.3) is 5.82 Å². The summed E-state index contributed by atoms with van der Waals surface area (Å²) in [7, 11) is 0. The first-order valence-corrected chi connectivity index (χ1v) is 8.47. The lowest BCUT2D eigenvalue weighted by molar-refractivity contribution is 0.0444. The Hall–Kier alpha value is -2.86. The quantitative estimate of drug-likeness (QED) is 0.487. The molecule has 0 N–H and O–H groups in total. The SMILES string of the molecule is Cc1cc(C)n(-c2ccc(Cl)c(C(=O)OCCOc3ccccc3)n2)n1. The van der Waals surface area contributed by atoms with Gasteiger partial charge in [-0.05, 0) is 44.2 Å². The lowest BCUT2D eigenvalue weighted by atomic mass is 10.3. The first kappa shape index (κ1) is 17.9. The van der Waals surface area contributed by atoms with E-state index >= 15 is 0 Å². The van der Waals surface area contributed by atoms with Crippen LogP contribution in [-0.2, 0) is 4.74 Å². The highest BCUT2D eigenvalue weighted by atomic mass is 35.5. The van der Waals surface area contributed by atoms with Crippen LogP contribution in [-0.4, -0.2) is 33.9 Å². The minimum absolute atomic E-state index is 0.0523. The van der Waals surface area contributed by atoms with E-state index in [1.54, 1.807) is 16.8 Å². The molecule has 0 spiro atoms. The normalized spacial score (nSPS) is 10.6. The maximum Gasteiger partial charge on any atom is 0.358 e. The number of aromatic nitrogens is 3. The van der Waals surface area contributed by atoms with Crippen LogP contribution in [0.4, 0.5) is 0 Å². The molecule has 0 aliphatic rings. The Morgan fingerprint density at radius 2 is 1.88 bits per heavy atom. The first-order chi connectivity index (χ1) is 12.5. The van der Waals surface area contributed by atoms with Crippen molar-refractivity contribution < 1.29 is 14.3 Å². The summed E-state index contributed by atoms with van der Waals surface area (Å²) in [6.45, 7) is 4.14. The fourth-order valence-electron chi connectivity index (χ4n) is 2.43. The number of ether oxygens (including phenoxy) is 2. The molecule has 0 radical (unpaired) electrons. The zero-order valence-electron chi connectivity index (χ0n) is 14.5. The van der Waals surface area contributed by atoms with Gasteiger partial charge in [0.2, 0.25) is 0 Å². The van der Waals surface area contributed by atoms with Crippen molar-refractivity contribution in [2.75, 3.05) is 13.2 Å². The third-order valence-corrected chi connectivity index (χ3v) is 3.88. The predicted molar refractivity (Wildman–Crippen MR) is 98.1 cm³/mol. The maximum atomic E-state index is 12.3. The maximum absolute atomic E-state index is 12.3. The summed E-state index contributed by atoms with van der Waals surface area (Å²) in [5, 5.41) is 4.58. The number of carbonyl (C=O) groups is 1. The zero-order valence-corrected chi connectivity index (χ0v) is 15.2. The third-order valence-electron chi connectivity index (χ3n) is 3.58. The van der Waals surface area contributed by atoms with Gasteiger partial charge in [0.05, 0.1) is 10.7 Å². The van der Waals surface area contributed by atoms with E-state index in [-0.39, 0.29) is 23.9 Å². The van der Waals surface area contributed by atoms with Crippen molar-refractivity contribution >= 4 is 17.6 Å². The Morgan fingerprint density at radius 3 is 2.58 bits per heavy atom. The highest BCUT2D eigenvalue weighted by Crippen LogP contribution is 2.18. The van der Waals surface area contributed by atoms with Gasteiger partial charge in [-0.25, -0.2) is 14.5 Å². The molecule has 26 heavy (non-hydrogen) atoms. The van der Waals surface area contributed by atoms with E-state index in [0.717, 1.165) is 11.4 Å². The van der Waals surface area contributed by atoms with Crippen molar-refractivity contribution in [2.24, 2.45) is 0 Å². The number of aryl methyl sites for hydroxylation is 2. The van der Waals surface area contributed by atoms with E-state index < -0.39 is 5.97 Å². The minimum atomic E-state index is -0.602. The third kappa shape index (κ3) is 4.21. The molecule has 3 aromatic rings. The average Bonchev–Trinajstić information content (AvgIpc) is 2.98. The minimum Gasteiger partial charge on any atom is -0.490 e. The number of rotatable bonds is 6. The molecule has 0 bridgehead atoms. The molecule has 0 unspecified atom stereocenters. The van der Waals surface area contributed by atoms with Crippen molar-refractivity contribution in [3.05, 3.63) is 70.6 Å². The van der Waals surface area contributed by atoms with Crippen molar-refractivity contribution in [1.29, 1.82) is 0 Å². The van der Waals surface area contributed by atoms with Crippen molar-refractivity contribution in [3.63, 3.8) is 0 Å². The number of carbonyl (C=O) groups excluding carboxylic acids is 1. The van der Waals surface area contributed by atoms with Crippen LogP contribution in [0.1, 0.15) is 21.9 Å². The number of hydrogen-bond acceptors (Lipinski definition) is 5. The number of esters is 1. The van der Waals surface area contributed by atoms with Crippen LogP contribution >= 0.6 is 11.6 Å². The number of benzene rings is 1. The van der Waals surface area contributed by atoms with Crippen LogP contribution in [0.5, 0.6) is 5.75 Å². The van der Waals surface area contributed by atoms with Gasteiger partial charge < -0.3 is 9.47 Å². The summed E-state index contributed by atoms with van der Waals surface area (Å²) in [5.41, 5.74) is 1.82. The van der Waals surface area contributed by atoms with Crippen LogP contribution in [0, 0.1) is 13.8 Å². The van der Waals surface area contributed by atoms with Gasteiger partial charge in [0, 0.05) is 5.69 Å². The largest absolute Gasteiger partial charge is 0.490 e. The summed E-state index contributed by atoms with van der Waals surface area (Å²) < 4.78 is 12.4. The van der Waals surface area contributed by atoms with E-state index in [4.69, 9.17) is 21.1 Å². The summed E-state index contributed by atoms with van der Waals surface area (Å²) in [6.07, 6.45) is 0. The molecule has 0 aliphatic heterocycles. The van der Waals surface area contributed by atoms with Gasteiger partial charge in [-0.15, -0.1) is 0 Å². The number of pyridine rings is 1. The molecule has 2 heterocycles. The smallest absolute Gasteiger partial charge is 0.358 e. The molecule has 0 atom stereocenters. The Bertz CT molecular complexity index is 910. The summed E-state index contributed by atoms with van der Waals surface area (Å²) in [5.74, 6) is 0.619. The van der Waals surface area contributed by atoms with Gasteiger partial charge >= 0.3 is 5.97 Å². The summed E-state index contributed by atoms with van der Waals surface area (Å²) in [4.78, 5) is 16.6. The van der Waals surface area contributed by atoms with E-state index in [1.807, 2.05) is 50.2 Å². The Balaban J connectivity index is 1.65. The summed E-state index contributed by atoms with van der Waals surface area (Å²) in [6, 6.07) is 14.5. The number of halogens is 1. The van der Waals surface area contributed by atoms with Crippen molar-refractivity contribution in [2.45, 2.75) is 13.8 Å². The molecular formula is C19H18ClN3O3. The molecule has 1 aromatic carbocycles. The molecule has 3 rings (SSSR count). The van der Waals surface area contributed by atoms with Gasteiger partial charge in [0.15, 0.2) is 11.5 Å². The molecule has 0 saturated heterocycles. The first-order valence-electron chi connectivity index (χ1n) is 8.10. The number of nitrogens with zero attached hydrogens (tertiary/aromatic N) is 3. The molecular weight excluding hydrogens is 354 g/mol. The molecule has 134 valence electrons. The zero-order chi connectivity index (χ0) is 18.5. The van der Waals surface area contributed by atoms with Crippen molar-refractivity contribution in [1.82, 2.24) is 14.8 Å². The number of para-hydroxylation sites is 1.